The van der Waals surface area contributed by atoms with Crippen LogP contribution in [0.25, 0.3) is 0 Å². The van der Waals surface area contributed by atoms with Crippen molar-refractivity contribution in [1.82, 2.24) is 20.1 Å². The molecule has 2 aromatic carbocycles. The number of piperidine rings is 1. The average molecular weight is 423 g/mol. The first-order valence-corrected chi connectivity index (χ1v) is 10.9. The molecule has 7 nitrogen and oxygen atoms in total. The van der Waals surface area contributed by atoms with Crippen molar-refractivity contribution in [2.45, 2.75) is 58.1 Å². The lowest BCUT2D eigenvalue weighted by atomic mass is 9.92. The number of nitrogens with zero attached hydrogens (tertiary/aromatic N) is 2. The fraction of sp³-hybridized carbons (Fsp3) is 0.417. The zero-order valence-corrected chi connectivity index (χ0v) is 18.1. The van der Waals surface area contributed by atoms with Gasteiger partial charge in [0.15, 0.2) is 0 Å². The molecule has 7 heteroatoms. The summed E-state index contributed by atoms with van der Waals surface area (Å²) in [6.07, 6.45) is 2.18. The number of benzene rings is 2. The zero-order chi connectivity index (χ0) is 21.6. The third-order valence-corrected chi connectivity index (χ3v) is 5.46. The molecule has 2 atom stereocenters. The van der Waals surface area contributed by atoms with Crippen LogP contribution in [0.5, 0.6) is 5.75 Å². The lowest BCUT2D eigenvalue weighted by Crippen LogP contribution is -2.42. The number of hydrogen-bond donors (Lipinski definition) is 2. The van der Waals surface area contributed by atoms with E-state index in [9.17, 15) is 4.79 Å². The number of aromatic amines is 2. The van der Waals surface area contributed by atoms with Gasteiger partial charge in [0.2, 0.25) is 0 Å². The van der Waals surface area contributed by atoms with E-state index in [1.165, 1.54) is 5.56 Å². The van der Waals surface area contributed by atoms with Crippen LogP contribution in [-0.4, -0.2) is 38.8 Å². The van der Waals surface area contributed by atoms with E-state index >= 15 is 0 Å². The second kappa shape index (κ2) is 9.94. The summed E-state index contributed by atoms with van der Waals surface area (Å²) in [7, 11) is 0. The van der Waals surface area contributed by atoms with Gasteiger partial charge in [-0.1, -0.05) is 42.5 Å². The van der Waals surface area contributed by atoms with Gasteiger partial charge in [0, 0.05) is 0 Å². The maximum Gasteiger partial charge on any atom is 0.340 e. The normalized spacial score (nSPS) is 19.6. The Balaban J connectivity index is 1.51. The Hall–Kier alpha value is -2.90. The molecule has 3 aromatic rings. The predicted octanol–water partition coefficient (Wildman–Crippen LogP) is 3.81. The van der Waals surface area contributed by atoms with Gasteiger partial charge in [-0.3, -0.25) is 9.88 Å². The molecule has 2 heterocycles. The molecule has 4 rings (SSSR count). The lowest BCUT2D eigenvalue weighted by molar-refractivity contribution is -0.0560. The number of ether oxygens (including phenoxy) is 2. The highest BCUT2D eigenvalue weighted by molar-refractivity contribution is 5.28. The molecule has 0 spiro atoms. The molecule has 1 saturated heterocycles. The third-order valence-electron chi connectivity index (χ3n) is 5.46. The molecule has 31 heavy (non-hydrogen) atoms. The van der Waals surface area contributed by atoms with Crippen LogP contribution in [0.15, 0.2) is 59.4 Å². The minimum Gasteiger partial charge on any atom is -0.491 e. The van der Waals surface area contributed by atoms with Gasteiger partial charge in [-0.15, -0.1) is 0 Å². The second-order valence-electron chi connectivity index (χ2n) is 8.26. The van der Waals surface area contributed by atoms with Crippen LogP contribution in [0, 0.1) is 0 Å². The van der Waals surface area contributed by atoms with E-state index in [0.29, 0.717) is 19.0 Å². The largest absolute Gasteiger partial charge is 0.491 e. The number of H-pyrrole nitrogens is 2. The summed E-state index contributed by atoms with van der Waals surface area (Å²) in [5.41, 5.74) is 2.03. The average Bonchev–Trinajstić information content (AvgIpc) is 3.17. The van der Waals surface area contributed by atoms with Gasteiger partial charge in [-0.25, -0.2) is 9.89 Å². The molecule has 0 amide bonds. The van der Waals surface area contributed by atoms with Gasteiger partial charge in [0.1, 0.15) is 11.6 Å². The molecule has 1 aliphatic rings. The van der Waals surface area contributed by atoms with E-state index in [-0.39, 0.29) is 23.9 Å². The van der Waals surface area contributed by atoms with Crippen molar-refractivity contribution in [3.05, 3.63) is 82.0 Å². The summed E-state index contributed by atoms with van der Waals surface area (Å²) in [4.78, 5) is 16.6. The van der Waals surface area contributed by atoms with Gasteiger partial charge in [-0.2, -0.15) is 5.10 Å². The molecular weight excluding hydrogens is 392 g/mol. The molecule has 0 radical (unpaired) electrons. The Morgan fingerprint density at radius 2 is 2.00 bits per heavy atom. The third kappa shape index (κ3) is 5.62. The number of aromatic nitrogens is 3. The Morgan fingerprint density at radius 3 is 2.74 bits per heavy atom. The molecule has 2 N–H and O–H groups in total. The van der Waals surface area contributed by atoms with Crippen molar-refractivity contribution < 1.29 is 9.47 Å². The van der Waals surface area contributed by atoms with Crippen molar-refractivity contribution in [2.75, 3.05) is 6.54 Å². The maximum absolute atomic E-state index is 11.5. The Bertz CT molecular complexity index is 1010. The molecular formula is C24H30N4O3. The van der Waals surface area contributed by atoms with Crippen LogP contribution in [0.3, 0.4) is 0 Å². The van der Waals surface area contributed by atoms with Gasteiger partial charge < -0.3 is 9.47 Å². The number of hydrogen-bond acceptors (Lipinski definition) is 5. The highest BCUT2D eigenvalue weighted by Gasteiger charge is 2.34. The van der Waals surface area contributed by atoms with Crippen LogP contribution in [0.2, 0.25) is 0 Å². The quantitative estimate of drug-likeness (QED) is 0.577. The minimum absolute atomic E-state index is 0.0384. The Labute approximate surface area is 182 Å². The number of rotatable bonds is 8. The molecule has 1 aromatic heterocycles. The number of likely N-dealkylation sites (tertiary alicyclic amines) is 1. The van der Waals surface area contributed by atoms with Crippen molar-refractivity contribution in [2.24, 2.45) is 0 Å². The fourth-order valence-electron chi connectivity index (χ4n) is 4.21. The van der Waals surface area contributed by atoms with E-state index < -0.39 is 0 Å². The molecule has 0 saturated carbocycles. The molecule has 1 aliphatic heterocycles. The topological polar surface area (TPSA) is 83.2 Å². The number of nitrogens with one attached hydrogen (secondary N) is 2. The first kappa shape index (κ1) is 21.3. The van der Waals surface area contributed by atoms with Crippen LogP contribution in [-0.2, 0) is 17.9 Å². The van der Waals surface area contributed by atoms with Crippen molar-refractivity contribution >= 4 is 0 Å². The van der Waals surface area contributed by atoms with Crippen LogP contribution < -0.4 is 10.4 Å². The van der Waals surface area contributed by atoms with Gasteiger partial charge >= 0.3 is 5.69 Å². The van der Waals surface area contributed by atoms with Gasteiger partial charge in [0.05, 0.1) is 31.4 Å². The Kier molecular flexibility index (Phi) is 6.84. The van der Waals surface area contributed by atoms with E-state index in [2.05, 4.69) is 50.4 Å². The minimum atomic E-state index is -0.278. The zero-order valence-electron chi connectivity index (χ0n) is 18.1. The van der Waals surface area contributed by atoms with Crippen LogP contribution >= 0.6 is 0 Å². The second-order valence-corrected chi connectivity index (χ2v) is 8.26. The van der Waals surface area contributed by atoms with Crippen LogP contribution in [0.4, 0.5) is 0 Å². The molecule has 1 fully saturated rings. The highest BCUT2D eigenvalue weighted by atomic mass is 16.5. The van der Waals surface area contributed by atoms with E-state index in [0.717, 1.165) is 30.7 Å². The molecule has 0 unspecified atom stereocenters. The van der Waals surface area contributed by atoms with Crippen molar-refractivity contribution in [3.8, 4) is 5.75 Å². The first-order chi connectivity index (χ1) is 15.1. The standard InChI is InChI=1S/C24H30N4O3/c1-17(2)31-20-11-6-8-18(14-20)16-30-21-12-7-13-28(15-22-25-24(29)27-26-22)23(21)19-9-4-3-5-10-19/h3-6,8-11,14,17,21,23H,7,12-13,15-16H2,1-2H3,(H2,25,26,27,29)/t21-,23-/m0/s1. The molecule has 0 bridgehead atoms. The highest BCUT2D eigenvalue weighted by Crippen LogP contribution is 2.34. The lowest BCUT2D eigenvalue weighted by Gasteiger charge is -2.41. The van der Waals surface area contributed by atoms with Crippen LogP contribution in [0.1, 0.15) is 49.7 Å². The van der Waals surface area contributed by atoms with E-state index in [1.807, 2.05) is 38.1 Å². The summed E-state index contributed by atoms with van der Waals surface area (Å²) in [6, 6.07) is 18.6. The summed E-state index contributed by atoms with van der Waals surface area (Å²) in [6.45, 7) is 6.06. The summed E-state index contributed by atoms with van der Waals surface area (Å²) in [5, 5.41) is 6.56. The summed E-state index contributed by atoms with van der Waals surface area (Å²) >= 11 is 0. The predicted molar refractivity (Wildman–Crippen MR) is 119 cm³/mol. The van der Waals surface area contributed by atoms with Crippen molar-refractivity contribution in [1.29, 1.82) is 0 Å². The fourth-order valence-corrected chi connectivity index (χ4v) is 4.21. The van der Waals surface area contributed by atoms with E-state index in [1.54, 1.807) is 0 Å². The summed E-state index contributed by atoms with van der Waals surface area (Å²) < 4.78 is 12.3. The first-order valence-electron chi connectivity index (χ1n) is 10.9. The van der Waals surface area contributed by atoms with E-state index in [4.69, 9.17) is 9.47 Å². The smallest absolute Gasteiger partial charge is 0.340 e. The SMILES string of the molecule is CC(C)Oc1cccc(CO[C@H]2CCCN(Cc3n[nH]c(=O)[nH]3)[C@H]2c2ccccc2)c1. The summed E-state index contributed by atoms with van der Waals surface area (Å²) in [5.74, 6) is 1.51. The van der Waals surface area contributed by atoms with Gasteiger partial charge in [-0.05, 0) is 56.5 Å². The Morgan fingerprint density at radius 1 is 1.16 bits per heavy atom. The van der Waals surface area contributed by atoms with Gasteiger partial charge in [0.25, 0.3) is 0 Å². The maximum atomic E-state index is 11.5. The molecule has 164 valence electrons. The monoisotopic (exact) mass is 422 g/mol. The molecule has 0 aliphatic carbocycles. The van der Waals surface area contributed by atoms with Crippen molar-refractivity contribution in [3.63, 3.8) is 0 Å².